The lowest BCUT2D eigenvalue weighted by atomic mass is 9.98. The van der Waals surface area contributed by atoms with Crippen LogP contribution in [-0.4, -0.2) is 43.9 Å². The molecule has 2 aromatic carbocycles. The molecule has 160 valence electrons. The van der Waals surface area contributed by atoms with E-state index in [0.29, 0.717) is 11.6 Å². The average Bonchev–Trinajstić information content (AvgIpc) is 3.35. The number of carbonyl (C=O) groups is 2. The van der Waals surface area contributed by atoms with Gasteiger partial charge in [0.15, 0.2) is 5.88 Å². The van der Waals surface area contributed by atoms with Crippen molar-refractivity contribution in [2.24, 2.45) is 0 Å². The van der Waals surface area contributed by atoms with Crippen LogP contribution in [0.5, 0.6) is 0 Å². The Morgan fingerprint density at radius 1 is 1.03 bits per heavy atom. The Hall–Kier alpha value is -3.74. The maximum Gasteiger partial charge on any atom is 0.407 e. The molecule has 0 aliphatic heterocycles. The maximum absolute atomic E-state index is 12.4. The van der Waals surface area contributed by atoms with Gasteiger partial charge in [0.05, 0.1) is 0 Å². The second kappa shape index (κ2) is 8.55. The number of fused-ring (bicyclic) bond motifs is 3. The highest BCUT2D eigenvalue weighted by Crippen LogP contribution is 2.44. The lowest BCUT2D eigenvalue weighted by molar-refractivity contribution is -0.139. The number of nitrogens with one attached hydrogen (secondary N) is 1. The van der Waals surface area contributed by atoms with E-state index in [9.17, 15) is 14.7 Å². The molecule has 0 radical (unpaired) electrons. The van der Waals surface area contributed by atoms with Crippen molar-refractivity contribution < 1.29 is 23.8 Å². The number of aliphatic carboxylic acids is 1. The molecule has 0 fully saturated rings. The molecule has 0 bridgehead atoms. The Morgan fingerprint density at radius 2 is 1.65 bits per heavy atom. The van der Waals surface area contributed by atoms with E-state index >= 15 is 0 Å². The van der Waals surface area contributed by atoms with E-state index < -0.39 is 18.1 Å². The SMILES string of the molecule is CN(C)c1ccc(CC(NC(=O)OCC2c3ccccc3-c3ccccc32)C(=O)O)o1. The van der Waals surface area contributed by atoms with Gasteiger partial charge in [-0.3, -0.25) is 0 Å². The van der Waals surface area contributed by atoms with Crippen LogP contribution in [0.4, 0.5) is 10.7 Å². The van der Waals surface area contributed by atoms with Crippen LogP contribution >= 0.6 is 0 Å². The highest BCUT2D eigenvalue weighted by Gasteiger charge is 2.30. The van der Waals surface area contributed by atoms with Gasteiger partial charge < -0.3 is 24.5 Å². The summed E-state index contributed by atoms with van der Waals surface area (Å²) in [5.74, 6) is -0.166. The molecule has 0 saturated heterocycles. The lowest BCUT2D eigenvalue weighted by Gasteiger charge is -2.17. The number of ether oxygens (including phenoxy) is 1. The topological polar surface area (TPSA) is 92.0 Å². The smallest absolute Gasteiger partial charge is 0.407 e. The first-order chi connectivity index (χ1) is 14.9. The van der Waals surface area contributed by atoms with E-state index in [1.54, 1.807) is 17.0 Å². The predicted molar refractivity (Wildman–Crippen MR) is 116 cm³/mol. The van der Waals surface area contributed by atoms with Crippen molar-refractivity contribution in [3.05, 3.63) is 77.6 Å². The fraction of sp³-hybridized carbons (Fsp3) is 0.250. The highest BCUT2D eigenvalue weighted by molar-refractivity contribution is 5.81. The monoisotopic (exact) mass is 420 g/mol. The highest BCUT2D eigenvalue weighted by atomic mass is 16.5. The first-order valence-electron chi connectivity index (χ1n) is 10.0. The molecule has 1 aromatic heterocycles. The van der Waals surface area contributed by atoms with Crippen LogP contribution in [0.15, 0.2) is 65.1 Å². The number of furan rings is 1. The van der Waals surface area contributed by atoms with Gasteiger partial charge in [-0.05, 0) is 28.3 Å². The average molecular weight is 420 g/mol. The number of rotatable bonds is 7. The summed E-state index contributed by atoms with van der Waals surface area (Å²) < 4.78 is 11.0. The van der Waals surface area contributed by atoms with Gasteiger partial charge in [0, 0.05) is 32.5 Å². The standard InChI is InChI=1S/C24H24N2O5/c1-26(2)22-12-11-15(31-22)13-21(23(27)28)25-24(29)30-14-20-18-9-5-3-7-16(18)17-8-4-6-10-19(17)20/h3-12,20-21H,13-14H2,1-2H3,(H,25,29)(H,27,28). The summed E-state index contributed by atoms with van der Waals surface area (Å²) in [6, 6.07) is 18.4. The number of carboxylic acid groups (broad SMARTS) is 1. The zero-order valence-electron chi connectivity index (χ0n) is 17.4. The van der Waals surface area contributed by atoms with Crippen molar-refractivity contribution in [1.29, 1.82) is 0 Å². The minimum Gasteiger partial charge on any atom is -0.480 e. The first-order valence-corrected chi connectivity index (χ1v) is 10.0. The third-order valence-electron chi connectivity index (χ3n) is 5.43. The van der Waals surface area contributed by atoms with E-state index in [1.807, 2.05) is 50.5 Å². The molecule has 2 N–H and O–H groups in total. The van der Waals surface area contributed by atoms with Crippen molar-refractivity contribution in [1.82, 2.24) is 5.32 Å². The van der Waals surface area contributed by atoms with E-state index in [-0.39, 0.29) is 18.9 Å². The Labute approximate surface area is 180 Å². The van der Waals surface area contributed by atoms with Gasteiger partial charge in [0.1, 0.15) is 18.4 Å². The van der Waals surface area contributed by atoms with Crippen LogP contribution in [0, 0.1) is 0 Å². The molecular formula is C24H24N2O5. The third-order valence-corrected chi connectivity index (χ3v) is 5.43. The van der Waals surface area contributed by atoms with Crippen molar-refractivity contribution >= 4 is 17.9 Å². The summed E-state index contributed by atoms with van der Waals surface area (Å²) in [6.45, 7) is 0.123. The van der Waals surface area contributed by atoms with E-state index in [1.165, 1.54) is 0 Å². The summed E-state index contributed by atoms with van der Waals surface area (Å²) in [4.78, 5) is 25.8. The molecule has 1 aliphatic rings. The van der Waals surface area contributed by atoms with Gasteiger partial charge in [-0.15, -0.1) is 0 Å². The molecule has 31 heavy (non-hydrogen) atoms. The normalized spacial score (nSPS) is 13.2. The fourth-order valence-electron chi connectivity index (χ4n) is 3.90. The number of benzene rings is 2. The molecule has 1 amide bonds. The van der Waals surface area contributed by atoms with Crippen LogP contribution in [0.2, 0.25) is 0 Å². The van der Waals surface area contributed by atoms with Crippen molar-refractivity contribution in [2.75, 3.05) is 25.6 Å². The lowest BCUT2D eigenvalue weighted by Crippen LogP contribution is -2.42. The van der Waals surface area contributed by atoms with Gasteiger partial charge in [0.2, 0.25) is 0 Å². The van der Waals surface area contributed by atoms with Crippen LogP contribution in [-0.2, 0) is 16.0 Å². The number of alkyl carbamates (subject to hydrolysis) is 1. The zero-order valence-corrected chi connectivity index (χ0v) is 17.4. The van der Waals surface area contributed by atoms with E-state index in [2.05, 4.69) is 17.4 Å². The number of nitrogens with zero attached hydrogens (tertiary/aromatic N) is 1. The fourth-order valence-corrected chi connectivity index (χ4v) is 3.90. The number of amides is 1. The van der Waals surface area contributed by atoms with Crippen molar-refractivity contribution in [3.63, 3.8) is 0 Å². The second-order valence-electron chi connectivity index (χ2n) is 7.70. The molecular weight excluding hydrogens is 396 g/mol. The molecule has 1 unspecified atom stereocenters. The molecule has 4 rings (SSSR count). The minimum absolute atomic E-state index is 0.0212. The van der Waals surface area contributed by atoms with E-state index in [0.717, 1.165) is 22.3 Å². The third kappa shape index (κ3) is 4.26. The minimum atomic E-state index is -1.16. The molecule has 3 aromatic rings. The molecule has 7 heteroatoms. The summed E-state index contributed by atoms with van der Waals surface area (Å²) in [7, 11) is 3.65. The van der Waals surface area contributed by atoms with Gasteiger partial charge in [-0.1, -0.05) is 48.5 Å². The molecule has 1 heterocycles. The summed E-state index contributed by atoms with van der Waals surface area (Å²) >= 11 is 0. The Kier molecular flexibility index (Phi) is 5.66. The molecule has 0 saturated carbocycles. The summed E-state index contributed by atoms with van der Waals surface area (Å²) in [5.41, 5.74) is 4.45. The van der Waals surface area contributed by atoms with Gasteiger partial charge in [-0.2, -0.15) is 0 Å². The Bertz CT molecular complexity index is 1060. The molecule has 1 atom stereocenters. The number of carbonyl (C=O) groups excluding carboxylic acids is 1. The Morgan fingerprint density at radius 3 is 2.19 bits per heavy atom. The van der Waals surface area contributed by atoms with Crippen molar-refractivity contribution in [2.45, 2.75) is 18.4 Å². The maximum atomic E-state index is 12.4. The number of anilines is 1. The second-order valence-corrected chi connectivity index (χ2v) is 7.70. The zero-order chi connectivity index (χ0) is 22.0. The van der Waals surface area contributed by atoms with Gasteiger partial charge in [-0.25, -0.2) is 9.59 Å². The summed E-state index contributed by atoms with van der Waals surface area (Å²) in [5, 5.41) is 12.0. The van der Waals surface area contributed by atoms with E-state index in [4.69, 9.17) is 9.15 Å². The van der Waals surface area contributed by atoms with Gasteiger partial charge >= 0.3 is 12.1 Å². The van der Waals surface area contributed by atoms with Gasteiger partial charge in [0.25, 0.3) is 0 Å². The first kappa shape index (κ1) is 20.5. The largest absolute Gasteiger partial charge is 0.480 e. The number of hydrogen-bond donors (Lipinski definition) is 2. The van der Waals surface area contributed by atoms with Crippen LogP contribution in [0.25, 0.3) is 11.1 Å². The number of carboxylic acids is 1. The van der Waals surface area contributed by atoms with Crippen LogP contribution in [0.3, 0.4) is 0 Å². The van der Waals surface area contributed by atoms with Crippen LogP contribution in [0.1, 0.15) is 22.8 Å². The molecule has 0 spiro atoms. The van der Waals surface area contributed by atoms with Crippen LogP contribution < -0.4 is 10.2 Å². The summed E-state index contributed by atoms with van der Waals surface area (Å²) in [6.07, 6.45) is -0.749. The predicted octanol–water partition coefficient (Wildman–Crippen LogP) is 3.88. The molecule has 1 aliphatic carbocycles. The Balaban J connectivity index is 1.41. The quantitative estimate of drug-likeness (QED) is 0.603. The molecule has 7 nitrogen and oxygen atoms in total. The number of hydrogen-bond acceptors (Lipinski definition) is 5. The van der Waals surface area contributed by atoms with Crippen molar-refractivity contribution in [3.8, 4) is 11.1 Å².